The highest BCUT2D eigenvalue weighted by atomic mass is 16.5. The number of nitrogens with one attached hydrogen (secondary N) is 1. The lowest BCUT2D eigenvalue weighted by Crippen LogP contribution is -2.50. The van der Waals surface area contributed by atoms with E-state index in [1.54, 1.807) is 28.0 Å². The van der Waals surface area contributed by atoms with Crippen LogP contribution in [0.15, 0.2) is 30.0 Å². The van der Waals surface area contributed by atoms with Crippen LogP contribution in [0.4, 0.5) is 5.69 Å². The van der Waals surface area contributed by atoms with E-state index in [4.69, 9.17) is 9.47 Å². The molecule has 1 aliphatic rings. The van der Waals surface area contributed by atoms with Gasteiger partial charge in [0.25, 0.3) is 5.91 Å². The summed E-state index contributed by atoms with van der Waals surface area (Å²) in [4.78, 5) is 27.2. The van der Waals surface area contributed by atoms with Gasteiger partial charge in [-0.1, -0.05) is 0 Å². The summed E-state index contributed by atoms with van der Waals surface area (Å²) < 4.78 is 11.1. The van der Waals surface area contributed by atoms with Crippen molar-refractivity contribution in [3.63, 3.8) is 0 Å². The standard InChI is InChI=1S/C20H26N4O4/c1-4-27-18-7-6-17(12-19(18)28-5-2)22-14-16(13-21)20(26)24-10-8-23(9-11-24)15(3)25/h6-7,12,14,22H,4-5,8-11H2,1-3H3/b16-14-. The first-order valence-corrected chi connectivity index (χ1v) is 9.31. The Hall–Kier alpha value is -3.21. The highest BCUT2D eigenvalue weighted by Gasteiger charge is 2.24. The predicted molar refractivity (Wildman–Crippen MR) is 105 cm³/mol. The minimum Gasteiger partial charge on any atom is -0.490 e. The van der Waals surface area contributed by atoms with Gasteiger partial charge in [-0.3, -0.25) is 9.59 Å². The second kappa shape index (κ2) is 10.2. The Bertz CT molecular complexity index is 777. The normalized spacial score (nSPS) is 14.3. The Morgan fingerprint density at radius 1 is 1.11 bits per heavy atom. The number of anilines is 1. The number of carbonyl (C=O) groups is 2. The van der Waals surface area contributed by atoms with Gasteiger partial charge in [-0.25, -0.2) is 0 Å². The summed E-state index contributed by atoms with van der Waals surface area (Å²) >= 11 is 0. The van der Waals surface area contributed by atoms with Gasteiger partial charge in [-0.15, -0.1) is 0 Å². The average Bonchev–Trinajstić information content (AvgIpc) is 2.70. The Morgan fingerprint density at radius 3 is 2.29 bits per heavy atom. The maximum atomic E-state index is 12.6. The molecule has 0 aromatic heterocycles. The highest BCUT2D eigenvalue weighted by molar-refractivity contribution is 5.97. The SMILES string of the molecule is CCOc1ccc(N/C=C(/C#N)C(=O)N2CCN(C(C)=O)CC2)cc1OCC. The molecule has 8 nitrogen and oxygen atoms in total. The maximum Gasteiger partial charge on any atom is 0.266 e. The van der Waals surface area contributed by atoms with Crippen molar-refractivity contribution >= 4 is 17.5 Å². The van der Waals surface area contributed by atoms with Crippen molar-refractivity contribution in [2.24, 2.45) is 0 Å². The molecule has 1 heterocycles. The Balaban J connectivity index is 2.06. The third-order valence-electron chi connectivity index (χ3n) is 4.29. The molecular formula is C20H26N4O4. The molecule has 8 heteroatoms. The van der Waals surface area contributed by atoms with Crippen LogP contribution in [0.2, 0.25) is 0 Å². The smallest absolute Gasteiger partial charge is 0.266 e. The van der Waals surface area contributed by atoms with E-state index in [2.05, 4.69) is 5.32 Å². The van der Waals surface area contributed by atoms with Crippen LogP contribution in [0.5, 0.6) is 11.5 Å². The number of nitriles is 1. The minimum absolute atomic E-state index is 0.00289. The van der Waals surface area contributed by atoms with E-state index in [-0.39, 0.29) is 17.4 Å². The summed E-state index contributed by atoms with van der Waals surface area (Å²) in [6, 6.07) is 7.27. The van der Waals surface area contributed by atoms with Crippen molar-refractivity contribution in [2.45, 2.75) is 20.8 Å². The third-order valence-corrected chi connectivity index (χ3v) is 4.29. The fraction of sp³-hybridized carbons (Fsp3) is 0.450. The first-order chi connectivity index (χ1) is 13.5. The number of carbonyl (C=O) groups excluding carboxylic acids is 2. The van der Waals surface area contributed by atoms with Crippen molar-refractivity contribution in [1.29, 1.82) is 5.26 Å². The van der Waals surface area contributed by atoms with Crippen molar-refractivity contribution in [2.75, 3.05) is 44.7 Å². The monoisotopic (exact) mass is 386 g/mol. The zero-order valence-electron chi connectivity index (χ0n) is 16.5. The van der Waals surface area contributed by atoms with Gasteiger partial charge in [0.1, 0.15) is 11.6 Å². The average molecular weight is 386 g/mol. The molecule has 1 aliphatic heterocycles. The number of amides is 2. The molecule has 2 amide bonds. The van der Waals surface area contributed by atoms with Crippen LogP contribution in [-0.4, -0.2) is 61.0 Å². The van der Waals surface area contributed by atoms with Gasteiger partial charge in [0, 0.05) is 51.1 Å². The summed E-state index contributed by atoms with van der Waals surface area (Å²) in [5, 5.41) is 12.4. The van der Waals surface area contributed by atoms with Gasteiger partial charge in [0.05, 0.1) is 13.2 Å². The van der Waals surface area contributed by atoms with Crippen molar-refractivity contribution in [1.82, 2.24) is 9.80 Å². The molecule has 2 rings (SSSR count). The number of ether oxygens (including phenoxy) is 2. The maximum absolute atomic E-state index is 12.6. The molecule has 1 aromatic rings. The second-order valence-corrected chi connectivity index (χ2v) is 6.14. The molecule has 0 bridgehead atoms. The largest absolute Gasteiger partial charge is 0.490 e. The van der Waals surface area contributed by atoms with Gasteiger partial charge < -0.3 is 24.6 Å². The fourth-order valence-corrected chi connectivity index (χ4v) is 2.83. The van der Waals surface area contributed by atoms with E-state index < -0.39 is 0 Å². The quantitative estimate of drug-likeness (QED) is 0.569. The van der Waals surface area contributed by atoms with E-state index in [0.29, 0.717) is 56.6 Å². The van der Waals surface area contributed by atoms with Crippen LogP contribution in [0, 0.1) is 11.3 Å². The van der Waals surface area contributed by atoms with Gasteiger partial charge >= 0.3 is 0 Å². The molecule has 1 fully saturated rings. The van der Waals surface area contributed by atoms with Gasteiger partial charge in [0.15, 0.2) is 11.5 Å². The summed E-state index contributed by atoms with van der Waals surface area (Å²) in [5.74, 6) is 0.867. The minimum atomic E-state index is -0.353. The number of piperazine rings is 1. The molecule has 0 radical (unpaired) electrons. The molecule has 1 aromatic carbocycles. The molecule has 0 aliphatic carbocycles. The lowest BCUT2D eigenvalue weighted by molar-refractivity contribution is -0.136. The zero-order valence-corrected chi connectivity index (χ0v) is 16.5. The van der Waals surface area contributed by atoms with Crippen molar-refractivity contribution in [3.05, 3.63) is 30.0 Å². The zero-order chi connectivity index (χ0) is 20.5. The van der Waals surface area contributed by atoms with Crippen molar-refractivity contribution < 1.29 is 19.1 Å². The van der Waals surface area contributed by atoms with Gasteiger partial charge in [-0.2, -0.15) is 5.26 Å². The Morgan fingerprint density at radius 2 is 1.71 bits per heavy atom. The number of hydrogen-bond donors (Lipinski definition) is 1. The van der Waals surface area contributed by atoms with E-state index in [1.807, 2.05) is 19.9 Å². The van der Waals surface area contributed by atoms with Crippen LogP contribution >= 0.6 is 0 Å². The predicted octanol–water partition coefficient (Wildman–Crippen LogP) is 1.99. The third kappa shape index (κ3) is 5.39. The molecular weight excluding hydrogens is 360 g/mol. The van der Waals surface area contributed by atoms with Crippen molar-refractivity contribution in [3.8, 4) is 17.6 Å². The first-order valence-electron chi connectivity index (χ1n) is 9.31. The van der Waals surface area contributed by atoms with Gasteiger partial charge in [0.2, 0.25) is 5.91 Å². The number of nitrogens with zero attached hydrogens (tertiary/aromatic N) is 3. The molecule has 0 atom stereocenters. The summed E-state index contributed by atoms with van der Waals surface area (Å²) in [6.07, 6.45) is 1.39. The van der Waals surface area contributed by atoms with Crippen LogP contribution in [0.1, 0.15) is 20.8 Å². The second-order valence-electron chi connectivity index (χ2n) is 6.14. The lowest BCUT2D eigenvalue weighted by Gasteiger charge is -2.34. The molecule has 0 spiro atoms. The molecule has 0 unspecified atom stereocenters. The van der Waals surface area contributed by atoms with Crippen LogP contribution in [-0.2, 0) is 9.59 Å². The molecule has 28 heavy (non-hydrogen) atoms. The topological polar surface area (TPSA) is 94.9 Å². The van der Waals surface area contributed by atoms with E-state index in [9.17, 15) is 14.9 Å². The summed E-state index contributed by atoms with van der Waals surface area (Å²) in [6.45, 7) is 8.08. The van der Waals surface area contributed by atoms with E-state index in [1.165, 1.54) is 13.1 Å². The van der Waals surface area contributed by atoms with E-state index in [0.717, 1.165) is 0 Å². The Kier molecular flexibility index (Phi) is 7.69. The van der Waals surface area contributed by atoms with Crippen LogP contribution in [0.25, 0.3) is 0 Å². The number of benzene rings is 1. The molecule has 1 N–H and O–H groups in total. The van der Waals surface area contributed by atoms with Crippen LogP contribution in [0.3, 0.4) is 0 Å². The summed E-state index contributed by atoms with van der Waals surface area (Å²) in [5.41, 5.74) is 0.678. The molecule has 0 saturated carbocycles. The van der Waals surface area contributed by atoms with E-state index >= 15 is 0 Å². The Labute approximate surface area is 165 Å². The lowest BCUT2D eigenvalue weighted by atomic mass is 10.2. The first kappa shape index (κ1) is 21.1. The molecule has 1 saturated heterocycles. The number of hydrogen-bond acceptors (Lipinski definition) is 6. The fourth-order valence-electron chi connectivity index (χ4n) is 2.83. The van der Waals surface area contributed by atoms with Crippen LogP contribution < -0.4 is 14.8 Å². The number of rotatable bonds is 7. The highest BCUT2D eigenvalue weighted by Crippen LogP contribution is 2.30. The summed E-state index contributed by atoms with van der Waals surface area (Å²) in [7, 11) is 0. The molecule has 150 valence electrons. The van der Waals surface area contributed by atoms with Gasteiger partial charge in [-0.05, 0) is 26.0 Å².